The molecular weight excluding hydrogens is 340 g/mol. The van der Waals surface area contributed by atoms with Crippen molar-refractivity contribution in [2.75, 3.05) is 30.4 Å². The van der Waals surface area contributed by atoms with Crippen molar-refractivity contribution in [2.45, 2.75) is 0 Å². The van der Waals surface area contributed by atoms with Crippen molar-refractivity contribution in [2.24, 2.45) is 5.92 Å². The average molecular weight is 360 g/mol. The number of benzene rings is 2. The van der Waals surface area contributed by atoms with Crippen LogP contribution in [0.5, 0.6) is 5.75 Å². The van der Waals surface area contributed by atoms with Crippen LogP contribution in [0.1, 0.15) is 0 Å². The van der Waals surface area contributed by atoms with Gasteiger partial charge in [0.25, 0.3) is 0 Å². The summed E-state index contributed by atoms with van der Waals surface area (Å²) in [6, 6.07) is 19.3. The monoisotopic (exact) mass is 360 g/mol. The quantitative estimate of drug-likeness (QED) is 0.757. The lowest BCUT2D eigenvalue weighted by Gasteiger charge is -2.39. The first-order valence-electron chi connectivity index (χ1n) is 8.80. The van der Waals surface area contributed by atoms with Gasteiger partial charge in [0.1, 0.15) is 17.9 Å². The Labute approximate surface area is 157 Å². The second-order valence-corrected chi connectivity index (χ2v) is 6.45. The minimum absolute atomic E-state index is 0.0220. The molecule has 136 valence electrons. The molecule has 1 fully saturated rings. The number of nitrogens with one attached hydrogen (secondary N) is 1. The first kappa shape index (κ1) is 17.0. The highest BCUT2D eigenvalue weighted by Gasteiger charge is 2.33. The largest absolute Gasteiger partial charge is 0.497 e. The number of rotatable bonds is 5. The molecule has 0 atom stereocenters. The molecule has 0 aliphatic carbocycles. The summed E-state index contributed by atoms with van der Waals surface area (Å²) in [5.41, 5.74) is 2.70. The van der Waals surface area contributed by atoms with Crippen molar-refractivity contribution in [1.82, 2.24) is 9.97 Å². The van der Waals surface area contributed by atoms with E-state index in [4.69, 9.17) is 4.74 Å². The number of hydrogen-bond donors (Lipinski definition) is 1. The third-order valence-corrected chi connectivity index (χ3v) is 4.66. The van der Waals surface area contributed by atoms with Crippen LogP contribution in [0.2, 0.25) is 0 Å². The summed E-state index contributed by atoms with van der Waals surface area (Å²) in [5, 5.41) is 2.95. The molecule has 0 unspecified atom stereocenters. The van der Waals surface area contributed by atoms with Crippen molar-refractivity contribution in [3.63, 3.8) is 0 Å². The van der Waals surface area contributed by atoms with Crippen LogP contribution in [0.3, 0.4) is 0 Å². The van der Waals surface area contributed by atoms with E-state index < -0.39 is 0 Å². The fourth-order valence-corrected chi connectivity index (χ4v) is 3.04. The fourth-order valence-electron chi connectivity index (χ4n) is 3.04. The Balaban J connectivity index is 1.37. The molecule has 0 radical (unpaired) electrons. The predicted molar refractivity (Wildman–Crippen MR) is 105 cm³/mol. The van der Waals surface area contributed by atoms with Gasteiger partial charge in [-0.3, -0.25) is 4.79 Å². The van der Waals surface area contributed by atoms with Gasteiger partial charge in [0.2, 0.25) is 5.91 Å². The van der Waals surface area contributed by atoms with Gasteiger partial charge in [-0.2, -0.15) is 0 Å². The van der Waals surface area contributed by atoms with Crippen LogP contribution in [0.4, 0.5) is 11.5 Å². The van der Waals surface area contributed by atoms with E-state index in [0.717, 1.165) is 28.5 Å². The van der Waals surface area contributed by atoms with Crippen molar-refractivity contribution in [3.05, 3.63) is 67.0 Å². The number of carbonyl (C=O) groups excluding carboxylic acids is 1. The van der Waals surface area contributed by atoms with Crippen LogP contribution in [-0.4, -0.2) is 36.1 Å². The van der Waals surface area contributed by atoms with E-state index >= 15 is 0 Å². The average Bonchev–Trinajstić information content (AvgIpc) is 2.68. The molecule has 6 nitrogen and oxygen atoms in total. The Morgan fingerprint density at radius 2 is 1.81 bits per heavy atom. The highest BCUT2D eigenvalue weighted by atomic mass is 16.5. The number of amides is 1. The zero-order valence-corrected chi connectivity index (χ0v) is 15.0. The molecule has 3 aromatic rings. The van der Waals surface area contributed by atoms with E-state index in [9.17, 15) is 4.79 Å². The maximum atomic E-state index is 12.4. The maximum Gasteiger partial charge on any atom is 0.231 e. The van der Waals surface area contributed by atoms with Crippen LogP contribution in [0.25, 0.3) is 11.3 Å². The highest BCUT2D eigenvalue weighted by molar-refractivity contribution is 5.94. The molecule has 1 aliphatic heterocycles. The van der Waals surface area contributed by atoms with Gasteiger partial charge in [-0.25, -0.2) is 9.97 Å². The molecule has 4 rings (SSSR count). The molecule has 1 saturated heterocycles. The van der Waals surface area contributed by atoms with Gasteiger partial charge in [-0.05, 0) is 24.3 Å². The molecule has 2 heterocycles. The van der Waals surface area contributed by atoms with Crippen LogP contribution in [-0.2, 0) is 4.79 Å². The summed E-state index contributed by atoms with van der Waals surface area (Å²) in [6.07, 6.45) is 1.57. The van der Waals surface area contributed by atoms with Gasteiger partial charge in [0.05, 0.1) is 18.7 Å². The normalized spacial score (nSPS) is 13.7. The summed E-state index contributed by atoms with van der Waals surface area (Å²) in [7, 11) is 1.62. The minimum atomic E-state index is -0.0535. The van der Waals surface area contributed by atoms with E-state index in [1.807, 2.05) is 60.7 Å². The Hall–Kier alpha value is -3.41. The molecular formula is C21H20N4O2. The summed E-state index contributed by atoms with van der Waals surface area (Å²) in [4.78, 5) is 23.2. The molecule has 0 saturated carbocycles. The lowest BCUT2D eigenvalue weighted by atomic mass is 9.99. The van der Waals surface area contributed by atoms with Crippen molar-refractivity contribution in [3.8, 4) is 17.0 Å². The van der Waals surface area contributed by atoms with Crippen molar-refractivity contribution in [1.29, 1.82) is 0 Å². The van der Waals surface area contributed by atoms with E-state index in [0.29, 0.717) is 13.1 Å². The molecule has 2 aromatic carbocycles. The zero-order chi connectivity index (χ0) is 18.6. The molecule has 6 heteroatoms. The smallest absolute Gasteiger partial charge is 0.231 e. The minimum Gasteiger partial charge on any atom is -0.497 e. The summed E-state index contributed by atoms with van der Waals surface area (Å²) < 4.78 is 5.13. The second kappa shape index (κ2) is 7.45. The first-order valence-corrected chi connectivity index (χ1v) is 8.80. The third-order valence-electron chi connectivity index (χ3n) is 4.66. The first-order chi connectivity index (χ1) is 13.2. The fraction of sp³-hybridized carbons (Fsp3) is 0.190. The lowest BCUT2D eigenvalue weighted by molar-refractivity contribution is -0.120. The number of nitrogens with zero attached hydrogens (tertiary/aromatic N) is 3. The molecule has 0 spiro atoms. The highest BCUT2D eigenvalue weighted by Crippen LogP contribution is 2.27. The summed E-state index contributed by atoms with van der Waals surface area (Å²) in [6.45, 7) is 1.29. The van der Waals surface area contributed by atoms with Crippen molar-refractivity contribution >= 4 is 17.4 Å². The number of carbonyl (C=O) groups is 1. The zero-order valence-electron chi connectivity index (χ0n) is 15.0. The molecule has 1 N–H and O–H groups in total. The number of hydrogen-bond acceptors (Lipinski definition) is 5. The van der Waals surface area contributed by atoms with E-state index in [-0.39, 0.29) is 11.8 Å². The lowest BCUT2D eigenvalue weighted by Crippen LogP contribution is -2.52. The summed E-state index contributed by atoms with van der Waals surface area (Å²) in [5.74, 6) is 1.58. The van der Waals surface area contributed by atoms with Gasteiger partial charge in [0, 0.05) is 30.4 Å². The molecule has 1 amide bonds. The third kappa shape index (κ3) is 3.74. The van der Waals surface area contributed by atoms with Crippen molar-refractivity contribution < 1.29 is 9.53 Å². The Morgan fingerprint density at radius 3 is 2.52 bits per heavy atom. The second-order valence-electron chi connectivity index (χ2n) is 6.45. The standard InChI is InChI=1S/C21H20N4O2/c1-27-18-9-7-17(8-10-18)24-21(26)16-12-25(13-16)20-11-19(22-14-23-20)15-5-3-2-4-6-15/h2-11,14,16H,12-13H2,1H3,(H,24,26). The van der Waals surface area contributed by atoms with Crippen LogP contribution in [0, 0.1) is 5.92 Å². The molecule has 1 aromatic heterocycles. The van der Waals surface area contributed by atoms with Gasteiger partial charge >= 0.3 is 0 Å². The number of anilines is 2. The van der Waals surface area contributed by atoms with E-state index in [1.165, 1.54) is 0 Å². The van der Waals surface area contributed by atoms with E-state index in [2.05, 4.69) is 20.2 Å². The van der Waals surface area contributed by atoms with Crippen LogP contribution in [0.15, 0.2) is 67.0 Å². The number of aromatic nitrogens is 2. The van der Waals surface area contributed by atoms with E-state index in [1.54, 1.807) is 13.4 Å². The molecule has 27 heavy (non-hydrogen) atoms. The predicted octanol–water partition coefficient (Wildman–Crippen LogP) is 3.23. The maximum absolute atomic E-state index is 12.4. The van der Waals surface area contributed by atoms with Gasteiger partial charge in [-0.1, -0.05) is 30.3 Å². The van der Waals surface area contributed by atoms with Gasteiger partial charge in [0.15, 0.2) is 0 Å². The molecule has 1 aliphatic rings. The number of ether oxygens (including phenoxy) is 1. The molecule has 0 bridgehead atoms. The Kier molecular flexibility index (Phi) is 4.70. The Bertz CT molecular complexity index is 922. The Morgan fingerprint density at radius 1 is 1.07 bits per heavy atom. The summed E-state index contributed by atoms with van der Waals surface area (Å²) >= 11 is 0. The van der Waals surface area contributed by atoms with Gasteiger partial charge < -0.3 is 15.0 Å². The van der Waals surface area contributed by atoms with Crippen LogP contribution < -0.4 is 15.0 Å². The number of methoxy groups -OCH3 is 1. The SMILES string of the molecule is COc1ccc(NC(=O)C2CN(c3cc(-c4ccccc4)ncn3)C2)cc1. The topological polar surface area (TPSA) is 67.3 Å². The van der Waals surface area contributed by atoms with Gasteiger partial charge in [-0.15, -0.1) is 0 Å². The van der Waals surface area contributed by atoms with Crippen LogP contribution >= 0.6 is 0 Å².